The normalized spacial score (nSPS) is 16.9. The predicted molar refractivity (Wildman–Crippen MR) is 95.1 cm³/mol. The van der Waals surface area contributed by atoms with E-state index in [0.29, 0.717) is 12.1 Å². The number of carbonyl (C=O) groups excluding carboxylic acids is 1. The van der Waals surface area contributed by atoms with Crippen LogP contribution in [0.15, 0.2) is 33.3 Å². The lowest BCUT2D eigenvalue weighted by Gasteiger charge is -2.33. The highest BCUT2D eigenvalue weighted by atomic mass is 32.1. The summed E-state index contributed by atoms with van der Waals surface area (Å²) in [6.45, 7) is 2.64. The molecule has 0 spiro atoms. The Kier molecular flexibility index (Phi) is 3.57. The summed E-state index contributed by atoms with van der Waals surface area (Å²) in [7, 11) is 1.53. The molecule has 7 nitrogen and oxygen atoms in total. The molecule has 0 bridgehead atoms. The summed E-state index contributed by atoms with van der Waals surface area (Å²) < 4.78 is 1.26. The van der Waals surface area contributed by atoms with E-state index >= 15 is 0 Å². The Morgan fingerprint density at radius 1 is 1.40 bits per heavy atom. The Morgan fingerprint density at radius 3 is 3.00 bits per heavy atom. The molecule has 0 fully saturated rings. The number of H-pyrrole nitrogens is 1. The highest BCUT2D eigenvalue weighted by Crippen LogP contribution is 2.33. The van der Waals surface area contributed by atoms with Crippen LogP contribution in [0.3, 0.4) is 0 Å². The van der Waals surface area contributed by atoms with Gasteiger partial charge in [0, 0.05) is 24.7 Å². The predicted octanol–water partition coefficient (Wildman–Crippen LogP) is 1.44. The van der Waals surface area contributed by atoms with Gasteiger partial charge in [-0.25, -0.2) is 9.78 Å². The number of thiophene rings is 1. The lowest BCUT2D eigenvalue weighted by Crippen LogP contribution is -2.38. The van der Waals surface area contributed by atoms with E-state index in [1.165, 1.54) is 34.3 Å². The number of aromatic nitrogens is 3. The topological polar surface area (TPSA) is 88.1 Å². The maximum atomic E-state index is 13.0. The van der Waals surface area contributed by atoms with Gasteiger partial charge in [-0.15, -0.1) is 11.3 Å². The maximum absolute atomic E-state index is 13.0. The summed E-state index contributed by atoms with van der Waals surface area (Å²) >= 11 is 1.72. The molecule has 0 aromatic carbocycles. The summed E-state index contributed by atoms with van der Waals surface area (Å²) in [4.78, 5) is 46.2. The van der Waals surface area contributed by atoms with Crippen molar-refractivity contribution in [1.29, 1.82) is 0 Å². The van der Waals surface area contributed by atoms with Gasteiger partial charge < -0.3 is 4.90 Å². The second-order valence-electron chi connectivity index (χ2n) is 6.14. The average Bonchev–Trinajstić information content (AvgIpc) is 3.09. The van der Waals surface area contributed by atoms with Crippen LogP contribution >= 0.6 is 11.3 Å². The van der Waals surface area contributed by atoms with Gasteiger partial charge in [0.05, 0.1) is 17.0 Å². The summed E-state index contributed by atoms with van der Waals surface area (Å²) in [5, 5.41) is 2.28. The van der Waals surface area contributed by atoms with Gasteiger partial charge in [-0.3, -0.25) is 19.1 Å². The van der Waals surface area contributed by atoms with Crippen LogP contribution in [0.25, 0.3) is 11.0 Å². The minimum absolute atomic E-state index is 0.0170. The van der Waals surface area contributed by atoms with Crippen molar-refractivity contribution in [2.24, 2.45) is 7.05 Å². The molecule has 1 N–H and O–H groups in total. The molecule has 0 radical (unpaired) electrons. The van der Waals surface area contributed by atoms with Gasteiger partial charge in [0.2, 0.25) is 0 Å². The average molecular weight is 356 g/mol. The van der Waals surface area contributed by atoms with Gasteiger partial charge in [-0.2, -0.15) is 0 Å². The van der Waals surface area contributed by atoms with E-state index in [1.54, 1.807) is 16.2 Å². The van der Waals surface area contributed by atoms with Crippen molar-refractivity contribution in [1.82, 2.24) is 19.4 Å². The lowest BCUT2D eigenvalue weighted by molar-refractivity contribution is 0.0679. The van der Waals surface area contributed by atoms with Gasteiger partial charge in [0.15, 0.2) is 0 Å². The molecule has 8 heteroatoms. The number of amides is 1. The number of aromatic amines is 1. The third-order valence-corrected chi connectivity index (χ3v) is 5.74. The molecule has 1 aliphatic rings. The van der Waals surface area contributed by atoms with Crippen molar-refractivity contribution < 1.29 is 4.79 Å². The van der Waals surface area contributed by atoms with E-state index in [2.05, 4.69) is 16.0 Å². The van der Waals surface area contributed by atoms with Crippen LogP contribution in [0.4, 0.5) is 0 Å². The Hall–Kier alpha value is -2.74. The number of nitrogens with zero attached hydrogens (tertiary/aromatic N) is 3. The highest BCUT2D eigenvalue weighted by Gasteiger charge is 2.29. The van der Waals surface area contributed by atoms with Crippen molar-refractivity contribution in [2.45, 2.75) is 19.4 Å². The minimum Gasteiger partial charge on any atom is -0.331 e. The third-order valence-electron chi connectivity index (χ3n) is 4.74. The van der Waals surface area contributed by atoms with Gasteiger partial charge in [-0.1, -0.05) is 0 Å². The van der Waals surface area contributed by atoms with Crippen molar-refractivity contribution in [3.05, 3.63) is 60.6 Å². The first-order valence-electron chi connectivity index (χ1n) is 7.93. The van der Waals surface area contributed by atoms with E-state index in [0.717, 1.165) is 6.42 Å². The van der Waals surface area contributed by atoms with Crippen molar-refractivity contribution in [3.8, 4) is 0 Å². The molecular formula is C17H16N4O3S. The fourth-order valence-corrected chi connectivity index (χ4v) is 4.27. The highest BCUT2D eigenvalue weighted by molar-refractivity contribution is 7.10. The molecule has 0 saturated heterocycles. The molecule has 128 valence electrons. The summed E-state index contributed by atoms with van der Waals surface area (Å²) in [5.41, 5.74) is 0.726. The van der Waals surface area contributed by atoms with Crippen molar-refractivity contribution in [3.63, 3.8) is 0 Å². The van der Waals surface area contributed by atoms with Gasteiger partial charge in [0.25, 0.3) is 11.5 Å². The molecule has 4 heterocycles. The fourth-order valence-electron chi connectivity index (χ4n) is 3.31. The van der Waals surface area contributed by atoms with Crippen LogP contribution in [-0.2, 0) is 13.5 Å². The maximum Gasteiger partial charge on any atom is 0.329 e. The number of hydrogen-bond donors (Lipinski definition) is 1. The van der Waals surface area contributed by atoms with E-state index in [4.69, 9.17) is 0 Å². The fraction of sp³-hybridized carbons (Fsp3) is 0.294. The molecular weight excluding hydrogens is 340 g/mol. The Labute approximate surface area is 146 Å². The molecule has 3 aromatic heterocycles. The first kappa shape index (κ1) is 15.8. The van der Waals surface area contributed by atoms with Crippen LogP contribution in [-0.4, -0.2) is 31.9 Å². The summed E-state index contributed by atoms with van der Waals surface area (Å²) in [6, 6.07) is 3.55. The number of fused-ring (bicyclic) bond motifs is 2. The molecule has 0 unspecified atom stereocenters. The molecule has 25 heavy (non-hydrogen) atoms. The number of hydrogen-bond acceptors (Lipinski definition) is 5. The van der Waals surface area contributed by atoms with E-state index in [9.17, 15) is 14.4 Å². The molecule has 3 aromatic rings. The van der Waals surface area contributed by atoms with Crippen LogP contribution < -0.4 is 11.2 Å². The third kappa shape index (κ3) is 2.41. The summed E-state index contributed by atoms with van der Waals surface area (Å²) in [5.74, 6) is -0.160. The molecule has 1 amide bonds. The second-order valence-corrected chi connectivity index (χ2v) is 7.14. The molecule has 0 aliphatic carbocycles. The number of carbonyl (C=O) groups is 1. The number of pyridine rings is 1. The van der Waals surface area contributed by atoms with Crippen LogP contribution in [0.1, 0.15) is 33.8 Å². The number of nitrogens with one attached hydrogen (secondary N) is 1. The van der Waals surface area contributed by atoms with Crippen LogP contribution in [0, 0.1) is 0 Å². The number of aryl methyl sites for hydroxylation is 1. The zero-order chi connectivity index (χ0) is 17.7. The molecule has 1 aliphatic heterocycles. The van der Waals surface area contributed by atoms with Gasteiger partial charge in [0.1, 0.15) is 5.65 Å². The zero-order valence-electron chi connectivity index (χ0n) is 13.8. The van der Waals surface area contributed by atoms with Crippen molar-refractivity contribution >= 4 is 28.3 Å². The number of rotatable bonds is 1. The Bertz CT molecular complexity index is 1110. The van der Waals surface area contributed by atoms with E-state index in [-0.39, 0.29) is 23.0 Å². The Morgan fingerprint density at radius 2 is 2.20 bits per heavy atom. The molecule has 1 atom stereocenters. The lowest BCUT2D eigenvalue weighted by atomic mass is 10.0. The van der Waals surface area contributed by atoms with E-state index < -0.39 is 11.2 Å². The van der Waals surface area contributed by atoms with Crippen LogP contribution in [0.5, 0.6) is 0 Å². The quantitative estimate of drug-likeness (QED) is 0.715. The van der Waals surface area contributed by atoms with Gasteiger partial charge >= 0.3 is 5.69 Å². The standard InChI is InChI=1S/C17H16N4O3S/c1-9-11-4-6-25-13(11)3-5-21(9)16(23)10-7-12-14(18-8-10)20(2)17(24)19-15(12)22/h4,6-9H,3,5H2,1-2H3,(H,19,22,24)/t9-/m0/s1. The summed E-state index contributed by atoms with van der Waals surface area (Å²) in [6.07, 6.45) is 2.26. The van der Waals surface area contributed by atoms with Crippen molar-refractivity contribution in [2.75, 3.05) is 6.54 Å². The first-order valence-corrected chi connectivity index (χ1v) is 8.81. The smallest absolute Gasteiger partial charge is 0.329 e. The first-order chi connectivity index (χ1) is 12.0. The second kappa shape index (κ2) is 5.66. The molecule has 4 rings (SSSR count). The zero-order valence-corrected chi connectivity index (χ0v) is 14.6. The monoisotopic (exact) mass is 356 g/mol. The van der Waals surface area contributed by atoms with Gasteiger partial charge in [-0.05, 0) is 36.4 Å². The Balaban J connectivity index is 1.76. The SMILES string of the molecule is C[C@H]1c2ccsc2CCN1C(=O)c1cnc2c(c1)c(=O)[nH]c(=O)n2C. The van der Waals surface area contributed by atoms with E-state index in [1.807, 2.05) is 12.3 Å². The largest absolute Gasteiger partial charge is 0.331 e. The van der Waals surface area contributed by atoms with Crippen LogP contribution in [0.2, 0.25) is 0 Å². The minimum atomic E-state index is -0.535. The molecule has 0 saturated carbocycles.